The average molecular weight is 409 g/mol. The number of hydrogen-bond acceptors (Lipinski definition) is 4. The molecular formula is C25H29FN2O2. The van der Waals surface area contributed by atoms with Gasteiger partial charge in [0.25, 0.3) is 0 Å². The van der Waals surface area contributed by atoms with E-state index >= 15 is 0 Å². The largest absolute Gasteiger partial charge is 0.460 e. The Bertz CT molecular complexity index is 949. The number of ether oxygens (including phenoxy) is 1. The number of nitrogens with zero attached hydrogens (tertiary/aromatic N) is 2. The summed E-state index contributed by atoms with van der Waals surface area (Å²) in [5, 5.41) is 9.33. The molecule has 158 valence electrons. The molecule has 2 rings (SSSR count). The Kier molecular flexibility index (Phi) is 7.91. The second kappa shape index (κ2) is 10.2. The molecule has 0 fully saturated rings. The van der Waals surface area contributed by atoms with Crippen molar-refractivity contribution >= 4 is 11.5 Å². The second-order valence-electron chi connectivity index (χ2n) is 8.53. The normalized spacial score (nSPS) is 12.0. The van der Waals surface area contributed by atoms with E-state index in [2.05, 4.69) is 17.0 Å². The molecule has 2 aromatic carbocycles. The molecule has 0 amide bonds. The van der Waals surface area contributed by atoms with Gasteiger partial charge in [-0.25, -0.2) is 4.39 Å². The fraction of sp³-hybridized carbons (Fsp3) is 0.360. The van der Waals surface area contributed by atoms with Gasteiger partial charge in [-0.2, -0.15) is 5.26 Å². The van der Waals surface area contributed by atoms with Crippen LogP contribution in [-0.4, -0.2) is 31.5 Å². The maximum atomic E-state index is 13.5. The van der Waals surface area contributed by atoms with Crippen LogP contribution in [0.15, 0.2) is 48.5 Å². The summed E-state index contributed by atoms with van der Waals surface area (Å²) in [6.45, 7) is 6.32. The van der Waals surface area contributed by atoms with Gasteiger partial charge in [-0.15, -0.1) is 0 Å². The van der Waals surface area contributed by atoms with Gasteiger partial charge >= 0.3 is 5.97 Å². The molecule has 0 atom stereocenters. The van der Waals surface area contributed by atoms with Crippen LogP contribution in [0.1, 0.15) is 49.4 Å². The van der Waals surface area contributed by atoms with E-state index in [1.807, 2.05) is 20.2 Å². The number of carbonyl (C=O) groups excluding carboxylic acids is 1. The van der Waals surface area contributed by atoms with Crippen molar-refractivity contribution in [2.24, 2.45) is 5.41 Å². The summed E-state index contributed by atoms with van der Waals surface area (Å²) in [5.74, 6) is -0.610. The van der Waals surface area contributed by atoms with Crippen LogP contribution >= 0.6 is 0 Å². The standard InChI is InChI=1S/C25H29FN2O2/c1-25(2,3)24(29)30-17-20-15-18(16-27)8-13-23(20)22(7-6-14-28(4)5)19-9-11-21(26)12-10-19/h7-13,15H,6,14,17H2,1-5H3. The van der Waals surface area contributed by atoms with Crippen LogP contribution in [0.5, 0.6) is 0 Å². The van der Waals surface area contributed by atoms with Gasteiger partial charge in [-0.3, -0.25) is 4.79 Å². The first kappa shape index (κ1) is 23.3. The molecule has 0 aliphatic heterocycles. The topological polar surface area (TPSA) is 53.3 Å². The highest BCUT2D eigenvalue weighted by atomic mass is 19.1. The molecule has 30 heavy (non-hydrogen) atoms. The van der Waals surface area contributed by atoms with Gasteiger partial charge in [-0.1, -0.05) is 24.3 Å². The molecular weight excluding hydrogens is 379 g/mol. The quantitative estimate of drug-likeness (QED) is 0.593. The van der Waals surface area contributed by atoms with E-state index in [9.17, 15) is 14.4 Å². The van der Waals surface area contributed by atoms with Crippen LogP contribution in [-0.2, 0) is 16.1 Å². The van der Waals surface area contributed by atoms with E-state index in [0.717, 1.165) is 35.2 Å². The van der Waals surface area contributed by atoms with Crippen molar-refractivity contribution in [3.63, 3.8) is 0 Å². The molecule has 2 aromatic rings. The third-order valence-corrected chi connectivity index (χ3v) is 4.58. The van der Waals surface area contributed by atoms with Crippen LogP contribution in [0.2, 0.25) is 0 Å². The molecule has 5 heteroatoms. The minimum Gasteiger partial charge on any atom is -0.460 e. The number of halogens is 1. The molecule has 0 N–H and O–H groups in total. The zero-order chi connectivity index (χ0) is 22.3. The van der Waals surface area contributed by atoms with Gasteiger partial charge in [0.1, 0.15) is 12.4 Å². The first-order chi connectivity index (χ1) is 14.1. The molecule has 0 saturated heterocycles. The smallest absolute Gasteiger partial charge is 0.311 e. The minimum absolute atomic E-state index is 0.0627. The fourth-order valence-electron chi connectivity index (χ4n) is 2.89. The summed E-state index contributed by atoms with van der Waals surface area (Å²) in [7, 11) is 4.01. The van der Waals surface area contributed by atoms with Crippen LogP contribution in [0, 0.1) is 22.6 Å². The molecule has 0 heterocycles. The molecule has 0 radical (unpaired) electrons. The van der Waals surface area contributed by atoms with Crippen LogP contribution < -0.4 is 0 Å². The fourth-order valence-corrected chi connectivity index (χ4v) is 2.89. The monoisotopic (exact) mass is 408 g/mol. The van der Waals surface area contributed by atoms with E-state index in [4.69, 9.17) is 4.74 Å². The van der Waals surface area contributed by atoms with Crippen LogP contribution in [0.4, 0.5) is 4.39 Å². The molecule has 4 nitrogen and oxygen atoms in total. The molecule has 0 saturated carbocycles. The Morgan fingerprint density at radius 2 is 1.83 bits per heavy atom. The van der Waals surface area contributed by atoms with E-state index in [1.165, 1.54) is 12.1 Å². The highest BCUT2D eigenvalue weighted by Crippen LogP contribution is 2.29. The first-order valence-electron chi connectivity index (χ1n) is 9.93. The van der Waals surface area contributed by atoms with Gasteiger partial charge in [-0.05, 0) is 87.8 Å². The summed E-state index contributed by atoms with van der Waals surface area (Å²) in [4.78, 5) is 14.4. The van der Waals surface area contributed by atoms with Crippen LogP contribution in [0.25, 0.3) is 5.57 Å². The first-order valence-corrected chi connectivity index (χ1v) is 9.93. The maximum Gasteiger partial charge on any atom is 0.311 e. The van der Waals surface area contributed by atoms with Gasteiger partial charge in [0.15, 0.2) is 0 Å². The van der Waals surface area contributed by atoms with E-state index in [-0.39, 0.29) is 18.4 Å². The number of hydrogen-bond donors (Lipinski definition) is 0. The molecule has 0 aliphatic carbocycles. The Balaban J connectivity index is 2.49. The van der Waals surface area contributed by atoms with Crippen molar-refractivity contribution in [1.82, 2.24) is 4.90 Å². The lowest BCUT2D eigenvalue weighted by molar-refractivity contribution is -0.154. The number of benzene rings is 2. The zero-order valence-electron chi connectivity index (χ0n) is 18.3. The third-order valence-electron chi connectivity index (χ3n) is 4.58. The number of carbonyl (C=O) groups is 1. The lowest BCUT2D eigenvalue weighted by Gasteiger charge is -2.19. The lowest BCUT2D eigenvalue weighted by atomic mass is 9.92. The average Bonchev–Trinajstić information content (AvgIpc) is 2.69. The maximum absolute atomic E-state index is 13.5. The molecule has 0 bridgehead atoms. The van der Waals surface area contributed by atoms with Crippen molar-refractivity contribution in [2.75, 3.05) is 20.6 Å². The highest BCUT2D eigenvalue weighted by molar-refractivity contribution is 5.82. The Hall–Kier alpha value is -2.97. The predicted molar refractivity (Wildman–Crippen MR) is 117 cm³/mol. The van der Waals surface area contributed by atoms with Crippen molar-refractivity contribution in [1.29, 1.82) is 5.26 Å². The summed E-state index contributed by atoms with van der Waals surface area (Å²) in [5.41, 5.74) is 3.26. The van der Waals surface area contributed by atoms with Gasteiger partial charge < -0.3 is 9.64 Å². The lowest BCUT2D eigenvalue weighted by Crippen LogP contribution is -2.23. The SMILES string of the molecule is CN(C)CCC=C(c1ccc(F)cc1)c1ccc(C#N)cc1COC(=O)C(C)(C)C. The van der Waals surface area contributed by atoms with Crippen molar-refractivity contribution in [3.05, 3.63) is 76.6 Å². The minimum atomic E-state index is -0.617. The Morgan fingerprint density at radius 3 is 2.40 bits per heavy atom. The number of rotatable bonds is 7. The third kappa shape index (κ3) is 6.53. The zero-order valence-corrected chi connectivity index (χ0v) is 18.3. The molecule has 0 unspecified atom stereocenters. The van der Waals surface area contributed by atoms with Crippen molar-refractivity contribution < 1.29 is 13.9 Å². The molecule has 0 spiro atoms. The van der Waals surface area contributed by atoms with Crippen LogP contribution in [0.3, 0.4) is 0 Å². The summed E-state index contributed by atoms with van der Waals surface area (Å²) in [6.07, 6.45) is 2.89. The number of esters is 1. The molecule has 0 aromatic heterocycles. The Labute approximate surface area is 178 Å². The highest BCUT2D eigenvalue weighted by Gasteiger charge is 2.23. The van der Waals surface area contributed by atoms with E-state index in [1.54, 1.807) is 45.0 Å². The summed E-state index contributed by atoms with van der Waals surface area (Å²) < 4.78 is 19.0. The summed E-state index contributed by atoms with van der Waals surface area (Å²) >= 11 is 0. The van der Waals surface area contributed by atoms with Crippen molar-refractivity contribution in [2.45, 2.75) is 33.8 Å². The Morgan fingerprint density at radius 1 is 1.17 bits per heavy atom. The second-order valence-corrected chi connectivity index (χ2v) is 8.53. The summed E-state index contributed by atoms with van der Waals surface area (Å²) in [6, 6.07) is 13.8. The van der Waals surface area contributed by atoms with E-state index in [0.29, 0.717) is 5.56 Å². The number of nitriles is 1. The van der Waals surface area contributed by atoms with Crippen molar-refractivity contribution in [3.8, 4) is 6.07 Å². The van der Waals surface area contributed by atoms with Gasteiger partial charge in [0.05, 0.1) is 17.0 Å². The molecule has 0 aliphatic rings. The van der Waals surface area contributed by atoms with E-state index < -0.39 is 5.41 Å². The predicted octanol–water partition coefficient (Wildman–Crippen LogP) is 5.17. The van der Waals surface area contributed by atoms with Gasteiger partial charge in [0, 0.05) is 6.54 Å². The van der Waals surface area contributed by atoms with Gasteiger partial charge in [0.2, 0.25) is 0 Å².